The summed E-state index contributed by atoms with van der Waals surface area (Å²) in [5, 5.41) is 8.03. The molecule has 0 aliphatic heterocycles. The normalized spacial score (nSPS) is 10.5. The zero-order valence-corrected chi connectivity index (χ0v) is 23.1. The first-order chi connectivity index (χ1) is 18.5. The average molecular weight is 576 g/mol. The van der Waals surface area contributed by atoms with E-state index in [-0.39, 0.29) is 38.8 Å². The standard InChI is InChI=1S/C26H25Cl2FN6O4/c1-7-21(39-6)24(28)20(12-17(27)16(3)38-5)34-26(37)35(4)23-13-22(30-14-31-23)32-18-10-8-9-11-19(18)33-25(36)15(2)29/h8-11,13H,2-3,7H2,1,4-6H3,(H2,33,34,36,37)/p+1. The molecule has 2 aromatic rings. The molecule has 0 fully saturated rings. The lowest BCUT2D eigenvalue weighted by Gasteiger charge is -2.16. The predicted molar refractivity (Wildman–Crippen MR) is 147 cm³/mol. The quantitative estimate of drug-likeness (QED) is 0.148. The molecular formula is C26H26Cl2FN6O4+. The summed E-state index contributed by atoms with van der Waals surface area (Å²) in [5.74, 6) is -1.29. The van der Waals surface area contributed by atoms with Crippen LogP contribution < -0.4 is 25.8 Å². The molecule has 3 N–H and O–H groups in total. The molecule has 0 spiro atoms. The summed E-state index contributed by atoms with van der Waals surface area (Å²) >= 11 is 12.7. The number of urea groups is 1. The van der Waals surface area contributed by atoms with Gasteiger partial charge < -0.3 is 14.8 Å². The number of carbonyl (C=O) groups excluding carboxylic acids is 2. The fourth-order valence-corrected chi connectivity index (χ4v) is 3.29. The molecule has 1 heterocycles. The number of hydrogen-bond donors (Lipinski definition) is 3. The van der Waals surface area contributed by atoms with Gasteiger partial charge in [-0.3, -0.25) is 20.3 Å². The minimum atomic E-state index is -1.14. The first-order valence-electron chi connectivity index (χ1n) is 11.2. The number of allylic oxidation sites excluding steroid dienone is 2. The SMILES string of the molecule is C=C(F)C(=O)Nc1ccccc1Nc1cc(N(C)C(=O)NC(=C=C(Cl)C(=C)OC)C(Cl)=C(CC)OC)nc#[n+]1. The Bertz CT molecular complexity index is 1370. The van der Waals surface area contributed by atoms with Gasteiger partial charge in [0.1, 0.15) is 33.0 Å². The molecule has 0 bridgehead atoms. The lowest BCUT2D eigenvalue weighted by atomic mass is 10.2. The summed E-state index contributed by atoms with van der Waals surface area (Å²) in [5.41, 5.74) is 3.42. The number of anilines is 4. The lowest BCUT2D eigenvalue weighted by molar-refractivity contribution is -0.278. The largest absolute Gasteiger partial charge is 0.499 e. The van der Waals surface area contributed by atoms with Crippen molar-refractivity contribution in [3.05, 3.63) is 88.7 Å². The van der Waals surface area contributed by atoms with Gasteiger partial charge in [-0.2, -0.15) is 4.98 Å². The van der Waals surface area contributed by atoms with Gasteiger partial charge in [0.25, 0.3) is 5.91 Å². The molecular weight excluding hydrogens is 550 g/mol. The monoisotopic (exact) mass is 575 g/mol. The Balaban J connectivity index is 2.36. The van der Waals surface area contributed by atoms with E-state index in [1.165, 1.54) is 27.3 Å². The summed E-state index contributed by atoms with van der Waals surface area (Å²) in [6.07, 6.45) is 2.88. The van der Waals surface area contributed by atoms with Crippen LogP contribution in [-0.2, 0) is 14.3 Å². The summed E-state index contributed by atoms with van der Waals surface area (Å²) in [7, 11) is 4.26. The van der Waals surface area contributed by atoms with E-state index in [4.69, 9.17) is 32.7 Å². The van der Waals surface area contributed by atoms with Crippen LogP contribution in [0.15, 0.2) is 82.3 Å². The molecule has 204 valence electrons. The van der Waals surface area contributed by atoms with E-state index in [1.54, 1.807) is 24.3 Å². The number of amides is 3. The molecule has 13 heteroatoms. The van der Waals surface area contributed by atoms with Crippen LogP contribution in [0, 0.1) is 6.33 Å². The molecule has 0 saturated carbocycles. The number of ether oxygens (including phenoxy) is 2. The van der Waals surface area contributed by atoms with E-state index < -0.39 is 17.8 Å². The molecule has 0 radical (unpaired) electrons. The maximum absolute atomic E-state index is 13.2. The molecule has 2 rings (SSSR count). The van der Waals surface area contributed by atoms with Crippen LogP contribution in [0.25, 0.3) is 0 Å². The summed E-state index contributed by atoms with van der Waals surface area (Å²) < 4.78 is 23.5. The first kappa shape index (κ1) is 30.7. The number of hydrogen-bond acceptors (Lipinski definition) is 6. The molecule has 39 heavy (non-hydrogen) atoms. The van der Waals surface area contributed by atoms with Crippen LogP contribution in [0.2, 0.25) is 0 Å². The van der Waals surface area contributed by atoms with Crippen LogP contribution in [0.3, 0.4) is 0 Å². The molecule has 1 aromatic heterocycles. The third kappa shape index (κ3) is 8.51. The number of nitrogens with zero attached hydrogens (tertiary/aromatic N) is 3. The van der Waals surface area contributed by atoms with Crippen LogP contribution >= 0.6 is 23.2 Å². The van der Waals surface area contributed by atoms with E-state index in [9.17, 15) is 14.0 Å². The number of carbonyl (C=O) groups is 2. The van der Waals surface area contributed by atoms with Crippen molar-refractivity contribution in [2.45, 2.75) is 13.3 Å². The molecule has 0 aliphatic rings. The average Bonchev–Trinajstić information content (AvgIpc) is 2.93. The Morgan fingerprint density at radius 1 is 1.21 bits per heavy atom. The van der Waals surface area contributed by atoms with Crippen LogP contribution in [0.1, 0.15) is 13.3 Å². The van der Waals surface area contributed by atoms with Crippen molar-refractivity contribution in [3.63, 3.8) is 0 Å². The highest BCUT2D eigenvalue weighted by atomic mass is 35.5. The van der Waals surface area contributed by atoms with E-state index in [2.05, 4.69) is 51.1 Å². The van der Waals surface area contributed by atoms with Gasteiger partial charge in [0, 0.05) is 13.5 Å². The van der Waals surface area contributed by atoms with Crippen molar-refractivity contribution >= 4 is 58.2 Å². The van der Waals surface area contributed by atoms with Crippen LogP contribution in [-0.4, -0.2) is 38.2 Å². The second kappa shape index (κ2) is 14.4. The second-order valence-electron chi connectivity index (χ2n) is 7.47. The Morgan fingerprint density at radius 2 is 1.87 bits per heavy atom. The number of benzene rings is 1. The van der Waals surface area contributed by atoms with Crippen molar-refractivity contribution in [3.8, 4) is 0 Å². The van der Waals surface area contributed by atoms with Crippen molar-refractivity contribution in [1.29, 1.82) is 0 Å². The van der Waals surface area contributed by atoms with Gasteiger partial charge in [-0.1, -0.05) is 61.1 Å². The Kier molecular flexibility index (Phi) is 11.4. The van der Waals surface area contributed by atoms with Crippen molar-refractivity contribution in [2.24, 2.45) is 0 Å². The van der Waals surface area contributed by atoms with Crippen LogP contribution in [0.4, 0.5) is 32.2 Å². The lowest BCUT2D eigenvalue weighted by Crippen LogP contribution is -2.37. The minimum Gasteiger partial charge on any atom is -0.499 e. The summed E-state index contributed by atoms with van der Waals surface area (Å²) in [4.78, 5) is 34.0. The summed E-state index contributed by atoms with van der Waals surface area (Å²) in [6.45, 7) is 8.45. The van der Waals surface area contributed by atoms with Crippen molar-refractivity contribution < 1.29 is 28.4 Å². The molecule has 10 nitrogen and oxygen atoms in total. The number of nitrogens with one attached hydrogen (secondary N) is 3. The fraction of sp³-hybridized carbons (Fsp3) is 0.192. The fourth-order valence-electron chi connectivity index (χ4n) is 2.82. The van der Waals surface area contributed by atoms with Gasteiger partial charge in [0.05, 0.1) is 26.0 Å². The van der Waals surface area contributed by atoms with E-state index >= 15 is 0 Å². The van der Waals surface area contributed by atoms with Gasteiger partial charge in [-0.25, -0.2) is 9.18 Å². The summed E-state index contributed by atoms with van der Waals surface area (Å²) in [6, 6.07) is 7.32. The highest BCUT2D eigenvalue weighted by Crippen LogP contribution is 2.26. The smallest absolute Gasteiger partial charge is 0.346 e. The number of para-hydroxylation sites is 2. The molecule has 3 amide bonds. The minimum absolute atomic E-state index is 0.00548. The number of methoxy groups -OCH3 is 2. The molecule has 0 atom stereocenters. The maximum atomic E-state index is 13.2. The van der Waals surface area contributed by atoms with Crippen LogP contribution in [0.5, 0.6) is 0 Å². The zero-order chi connectivity index (χ0) is 29.1. The van der Waals surface area contributed by atoms with Crippen molar-refractivity contribution in [2.75, 3.05) is 36.8 Å². The van der Waals surface area contributed by atoms with Gasteiger partial charge in [0.2, 0.25) is 5.82 Å². The second-order valence-corrected chi connectivity index (χ2v) is 8.22. The van der Waals surface area contributed by atoms with Gasteiger partial charge in [0.15, 0.2) is 5.83 Å². The topological polar surface area (TPSA) is 119 Å². The number of aromatic nitrogens is 2. The molecule has 1 aromatic carbocycles. The van der Waals surface area contributed by atoms with Gasteiger partial charge in [-0.15, -0.1) is 0 Å². The number of rotatable bonds is 11. The highest BCUT2D eigenvalue weighted by molar-refractivity contribution is 6.33. The molecule has 0 aliphatic carbocycles. The van der Waals surface area contributed by atoms with E-state index in [0.29, 0.717) is 17.9 Å². The van der Waals surface area contributed by atoms with Gasteiger partial charge in [-0.05, 0) is 17.1 Å². The Labute approximate surface area is 235 Å². The van der Waals surface area contributed by atoms with E-state index in [0.717, 1.165) is 4.90 Å². The Morgan fingerprint density at radius 3 is 2.46 bits per heavy atom. The van der Waals surface area contributed by atoms with Gasteiger partial charge >= 0.3 is 18.2 Å². The number of halogens is 3. The predicted octanol–water partition coefficient (Wildman–Crippen LogP) is 5.07. The molecule has 0 unspecified atom stereocenters. The third-order valence-electron chi connectivity index (χ3n) is 4.92. The zero-order valence-electron chi connectivity index (χ0n) is 21.6. The maximum Gasteiger partial charge on any atom is 0.346 e. The third-order valence-corrected chi connectivity index (χ3v) is 5.63. The van der Waals surface area contributed by atoms with Crippen molar-refractivity contribution in [1.82, 2.24) is 10.3 Å². The van der Waals surface area contributed by atoms with E-state index in [1.807, 2.05) is 6.92 Å². The molecule has 0 saturated heterocycles. The first-order valence-corrected chi connectivity index (χ1v) is 11.9. The highest BCUT2D eigenvalue weighted by Gasteiger charge is 2.21. The Hall–Kier alpha value is -4.49.